The molecular formula is C17H18N4. The summed E-state index contributed by atoms with van der Waals surface area (Å²) < 4.78 is 0. The van der Waals surface area contributed by atoms with E-state index in [2.05, 4.69) is 56.0 Å². The smallest absolute Gasteiger partial charge is 0.133 e. The van der Waals surface area contributed by atoms with Crippen molar-refractivity contribution < 1.29 is 0 Å². The van der Waals surface area contributed by atoms with Crippen molar-refractivity contribution in [3.05, 3.63) is 54.0 Å². The van der Waals surface area contributed by atoms with Gasteiger partial charge in [-0.2, -0.15) is 0 Å². The lowest BCUT2D eigenvalue weighted by Gasteiger charge is -2.35. The van der Waals surface area contributed by atoms with Gasteiger partial charge in [0.25, 0.3) is 0 Å². The second kappa shape index (κ2) is 6.38. The summed E-state index contributed by atoms with van der Waals surface area (Å²) in [7, 11) is 0. The number of aromatic nitrogens is 2. The Bertz CT molecular complexity index is 625. The maximum atomic E-state index is 5.39. The number of nitrogens with zero attached hydrogens (tertiary/aromatic N) is 4. The van der Waals surface area contributed by atoms with Gasteiger partial charge in [-0.05, 0) is 5.56 Å². The molecule has 2 heterocycles. The molecule has 0 bridgehead atoms. The van der Waals surface area contributed by atoms with E-state index >= 15 is 0 Å². The zero-order chi connectivity index (χ0) is 14.5. The molecule has 2 aromatic rings. The summed E-state index contributed by atoms with van der Waals surface area (Å²) in [5, 5.41) is 0. The van der Waals surface area contributed by atoms with Crippen LogP contribution in [0.4, 0.5) is 5.82 Å². The van der Waals surface area contributed by atoms with Crippen LogP contribution < -0.4 is 4.90 Å². The topological polar surface area (TPSA) is 32.3 Å². The maximum absolute atomic E-state index is 5.39. The largest absolute Gasteiger partial charge is 0.354 e. The Labute approximate surface area is 125 Å². The van der Waals surface area contributed by atoms with Gasteiger partial charge in [-0.3, -0.25) is 4.90 Å². The van der Waals surface area contributed by atoms with Gasteiger partial charge in [0, 0.05) is 38.8 Å². The fourth-order valence-corrected chi connectivity index (χ4v) is 2.58. The minimum absolute atomic E-state index is 0.645. The van der Waals surface area contributed by atoms with Crippen molar-refractivity contribution in [2.45, 2.75) is 6.54 Å². The van der Waals surface area contributed by atoms with Gasteiger partial charge in [-0.15, -0.1) is 6.42 Å². The predicted molar refractivity (Wildman–Crippen MR) is 83.9 cm³/mol. The monoisotopic (exact) mass is 278 g/mol. The van der Waals surface area contributed by atoms with Crippen LogP contribution in [0.15, 0.2) is 42.7 Å². The van der Waals surface area contributed by atoms with E-state index in [-0.39, 0.29) is 0 Å². The van der Waals surface area contributed by atoms with E-state index in [1.807, 2.05) is 6.07 Å². The molecule has 0 amide bonds. The van der Waals surface area contributed by atoms with Crippen molar-refractivity contribution in [2.75, 3.05) is 31.1 Å². The zero-order valence-electron chi connectivity index (χ0n) is 11.9. The van der Waals surface area contributed by atoms with Gasteiger partial charge < -0.3 is 4.90 Å². The molecule has 106 valence electrons. The highest BCUT2D eigenvalue weighted by Crippen LogP contribution is 2.15. The minimum Gasteiger partial charge on any atom is -0.354 e. The molecule has 1 aromatic carbocycles. The Hall–Kier alpha value is -2.38. The molecule has 1 aliphatic heterocycles. The quantitative estimate of drug-likeness (QED) is 0.801. The highest BCUT2D eigenvalue weighted by molar-refractivity contribution is 5.43. The van der Waals surface area contributed by atoms with Gasteiger partial charge in [0.2, 0.25) is 0 Å². The van der Waals surface area contributed by atoms with E-state index in [1.165, 1.54) is 5.56 Å². The van der Waals surface area contributed by atoms with Crippen molar-refractivity contribution in [2.24, 2.45) is 0 Å². The number of piperazine rings is 1. The first-order valence-corrected chi connectivity index (χ1v) is 7.15. The normalized spacial score (nSPS) is 15.7. The van der Waals surface area contributed by atoms with Crippen LogP contribution in [0.2, 0.25) is 0 Å². The first-order valence-electron chi connectivity index (χ1n) is 7.15. The van der Waals surface area contributed by atoms with Gasteiger partial charge in [0.1, 0.15) is 17.8 Å². The van der Waals surface area contributed by atoms with Crippen LogP contribution in [0.3, 0.4) is 0 Å². The molecule has 4 nitrogen and oxygen atoms in total. The lowest BCUT2D eigenvalue weighted by atomic mass is 10.2. The van der Waals surface area contributed by atoms with Crippen LogP contribution >= 0.6 is 0 Å². The summed E-state index contributed by atoms with van der Waals surface area (Å²) in [6.45, 7) is 5.00. The molecule has 1 fully saturated rings. The Morgan fingerprint density at radius 1 is 1.05 bits per heavy atom. The van der Waals surface area contributed by atoms with E-state index in [4.69, 9.17) is 6.42 Å². The fourth-order valence-electron chi connectivity index (χ4n) is 2.58. The van der Waals surface area contributed by atoms with Gasteiger partial charge in [-0.25, -0.2) is 9.97 Å². The molecule has 0 spiro atoms. The van der Waals surface area contributed by atoms with Crippen molar-refractivity contribution >= 4 is 5.82 Å². The van der Waals surface area contributed by atoms with Gasteiger partial charge in [-0.1, -0.05) is 36.3 Å². The third-order valence-electron chi connectivity index (χ3n) is 3.75. The van der Waals surface area contributed by atoms with Gasteiger partial charge in [0.15, 0.2) is 0 Å². The average Bonchev–Trinajstić information content (AvgIpc) is 2.56. The van der Waals surface area contributed by atoms with Crippen molar-refractivity contribution in [1.29, 1.82) is 0 Å². The molecule has 21 heavy (non-hydrogen) atoms. The van der Waals surface area contributed by atoms with Crippen molar-refractivity contribution in [3.63, 3.8) is 0 Å². The molecule has 1 aromatic heterocycles. The Morgan fingerprint density at radius 2 is 1.81 bits per heavy atom. The Morgan fingerprint density at radius 3 is 2.52 bits per heavy atom. The molecule has 1 saturated heterocycles. The number of rotatable bonds is 3. The number of hydrogen-bond acceptors (Lipinski definition) is 4. The molecule has 0 aliphatic carbocycles. The van der Waals surface area contributed by atoms with Gasteiger partial charge in [0.05, 0.1) is 0 Å². The highest BCUT2D eigenvalue weighted by Gasteiger charge is 2.18. The predicted octanol–water partition coefficient (Wildman–Crippen LogP) is 1.78. The summed E-state index contributed by atoms with van der Waals surface area (Å²) in [5.41, 5.74) is 2.01. The summed E-state index contributed by atoms with van der Waals surface area (Å²) in [4.78, 5) is 13.1. The van der Waals surface area contributed by atoms with Crippen LogP contribution in [-0.2, 0) is 6.54 Å². The second-order valence-corrected chi connectivity index (χ2v) is 5.15. The molecular weight excluding hydrogens is 260 g/mol. The number of hydrogen-bond donors (Lipinski definition) is 0. The molecule has 0 atom stereocenters. The first kappa shape index (κ1) is 13.6. The van der Waals surface area contributed by atoms with Gasteiger partial charge >= 0.3 is 0 Å². The van der Waals surface area contributed by atoms with E-state index in [0.29, 0.717) is 5.69 Å². The second-order valence-electron chi connectivity index (χ2n) is 5.15. The lowest BCUT2D eigenvalue weighted by molar-refractivity contribution is 0.249. The van der Waals surface area contributed by atoms with E-state index < -0.39 is 0 Å². The summed E-state index contributed by atoms with van der Waals surface area (Å²) in [5.74, 6) is 3.49. The number of benzene rings is 1. The third-order valence-corrected chi connectivity index (χ3v) is 3.75. The molecule has 0 N–H and O–H groups in total. The SMILES string of the molecule is C#Cc1cc(N2CCN(Cc3ccccc3)CC2)ncn1. The minimum atomic E-state index is 0.645. The van der Waals surface area contributed by atoms with Crippen LogP contribution in [0.5, 0.6) is 0 Å². The highest BCUT2D eigenvalue weighted by atomic mass is 15.3. The standard InChI is InChI=1S/C17H18N4/c1-2-16-12-17(19-14-18-16)21-10-8-20(9-11-21)13-15-6-4-3-5-7-15/h1,3-7,12,14H,8-11,13H2. The molecule has 1 aliphatic rings. The molecule has 4 heteroatoms. The first-order chi connectivity index (χ1) is 10.3. The van der Waals surface area contributed by atoms with Crippen LogP contribution in [0, 0.1) is 12.3 Å². The lowest BCUT2D eigenvalue weighted by Crippen LogP contribution is -2.46. The van der Waals surface area contributed by atoms with Crippen LogP contribution in [0.25, 0.3) is 0 Å². The fraction of sp³-hybridized carbons (Fsp3) is 0.294. The molecule has 0 saturated carbocycles. The maximum Gasteiger partial charge on any atom is 0.133 e. The summed E-state index contributed by atoms with van der Waals surface area (Å²) in [6, 6.07) is 12.5. The van der Waals surface area contributed by atoms with Crippen molar-refractivity contribution in [1.82, 2.24) is 14.9 Å². The van der Waals surface area contributed by atoms with Crippen LogP contribution in [-0.4, -0.2) is 41.0 Å². The Balaban J connectivity index is 1.59. The average molecular weight is 278 g/mol. The summed E-state index contributed by atoms with van der Waals surface area (Å²) in [6.07, 6.45) is 6.93. The molecule has 0 unspecified atom stereocenters. The zero-order valence-corrected chi connectivity index (χ0v) is 11.9. The third kappa shape index (κ3) is 3.39. The van der Waals surface area contributed by atoms with Crippen LogP contribution in [0.1, 0.15) is 11.3 Å². The number of anilines is 1. The van der Waals surface area contributed by atoms with Crippen molar-refractivity contribution in [3.8, 4) is 12.3 Å². The van der Waals surface area contributed by atoms with E-state index in [0.717, 1.165) is 38.5 Å². The number of terminal acetylenes is 1. The van der Waals surface area contributed by atoms with E-state index in [1.54, 1.807) is 6.33 Å². The summed E-state index contributed by atoms with van der Waals surface area (Å²) >= 11 is 0. The molecule has 3 rings (SSSR count). The molecule has 0 radical (unpaired) electrons. The van der Waals surface area contributed by atoms with E-state index in [9.17, 15) is 0 Å². The Kier molecular flexibility index (Phi) is 4.13.